The van der Waals surface area contributed by atoms with E-state index in [1.54, 1.807) is 11.3 Å². The van der Waals surface area contributed by atoms with Gasteiger partial charge in [0.05, 0.1) is 0 Å². The SMILES string of the molecule is CC[C@@H](c1ccsc1)N1CCNCC1.Cl.Cl. The van der Waals surface area contributed by atoms with Crippen LogP contribution < -0.4 is 5.32 Å². The topological polar surface area (TPSA) is 15.3 Å². The van der Waals surface area contributed by atoms with Gasteiger partial charge in [0.1, 0.15) is 0 Å². The molecule has 0 radical (unpaired) electrons. The molecule has 2 rings (SSSR count). The first kappa shape index (κ1) is 16.2. The summed E-state index contributed by atoms with van der Waals surface area (Å²) in [6, 6.07) is 2.91. The van der Waals surface area contributed by atoms with Crippen molar-refractivity contribution in [1.82, 2.24) is 10.2 Å². The molecule has 0 unspecified atom stereocenters. The molecule has 0 aromatic carbocycles. The first-order chi connectivity index (χ1) is 6.92. The third kappa shape index (κ3) is 3.90. The summed E-state index contributed by atoms with van der Waals surface area (Å²) < 4.78 is 0. The number of rotatable bonds is 3. The van der Waals surface area contributed by atoms with E-state index in [0.29, 0.717) is 6.04 Å². The van der Waals surface area contributed by atoms with Crippen molar-refractivity contribution in [3.05, 3.63) is 22.4 Å². The Kier molecular flexibility index (Phi) is 8.42. The number of halogens is 2. The standard InChI is InChI=1S/C11H18N2S.2ClH/c1-2-11(10-3-8-14-9-10)13-6-4-12-5-7-13;;/h3,8-9,11-12H,2,4-7H2,1H3;2*1H/t11-;;/m0../s1. The van der Waals surface area contributed by atoms with Crippen LogP contribution in [0.15, 0.2) is 16.8 Å². The van der Waals surface area contributed by atoms with Crippen molar-refractivity contribution in [2.24, 2.45) is 0 Å². The summed E-state index contributed by atoms with van der Waals surface area (Å²) in [5.41, 5.74) is 1.50. The first-order valence-electron chi connectivity index (χ1n) is 5.38. The second kappa shape index (κ2) is 8.31. The van der Waals surface area contributed by atoms with Crippen LogP contribution in [-0.2, 0) is 0 Å². The Morgan fingerprint density at radius 3 is 2.56 bits per heavy atom. The molecule has 94 valence electrons. The number of hydrogen-bond acceptors (Lipinski definition) is 3. The van der Waals surface area contributed by atoms with Crippen LogP contribution in [0.4, 0.5) is 0 Å². The van der Waals surface area contributed by atoms with Crippen molar-refractivity contribution in [2.45, 2.75) is 19.4 Å². The van der Waals surface area contributed by atoms with E-state index in [4.69, 9.17) is 0 Å². The van der Waals surface area contributed by atoms with E-state index in [1.165, 1.54) is 25.1 Å². The second-order valence-electron chi connectivity index (χ2n) is 3.77. The van der Waals surface area contributed by atoms with Crippen molar-refractivity contribution in [2.75, 3.05) is 26.2 Å². The summed E-state index contributed by atoms with van der Waals surface area (Å²) in [5, 5.41) is 7.87. The summed E-state index contributed by atoms with van der Waals surface area (Å²) >= 11 is 1.80. The van der Waals surface area contributed by atoms with E-state index in [1.807, 2.05) is 0 Å². The Bertz CT molecular complexity index is 261. The number of thiophene rings is 1. The van der Waals surface area contributed by atoms with E-state index < -0.39 is 0 Å². The van der Waals surface area contributed by atoms with Crippen LogP contribution >= 0.6 is 36.2 Å². The zero-order valence-electron chi connectivity index (χ0n) is 9.52. The summed E-state index contributed by atoms with van der Waals surface area (Å²) in [6.45, 7) is 6.94. The predicted octanol–water partition coefficient (Wildman–Crippen LogP) is 2.95. The third-order valence-corrected chi connectivity index (χ3v) is 3.61. The van der Waals surface area contributed by atoms with Crippen LogP contribution in [0.25, 0.3) is 0 Å². The van der Waals surface area contributed by atoms with E-state index in [9.17, 15) is 0 Å². The van der Waals surface area contributed by atoms with Gasteiger partial charge in [0.15, 0.2) is 0 Å². The molecule has 0 bridgehead atoms. The zero-order chi connectivity index (χ0) is 9.80. The monoisotopic (exact) mass is 282 g/mol. The van der Waals surface area contributed by atoms with Crippen molar-refractivity contribution < 1.29 is 0 Å². The largest absolute Gasteiger partial charge is 0.314 e. The molecule has 0 saturated carbocycles. The Morgan fingerprint density at radius 1 is 1.38 bits per heavy atom. The zero-order valence-corrected chi connectivity index (χ0v) is 12.0. The molecule has 1 fully saturated rings. The van der Waals surface area contributed by atoms with Gasteiger partial charge in [-0.15, -0.1) is 24.8 Å². The number of nitrogens with zero attached hydrogens (tertiary/aromatic N) is 1. The van der Waals surface area contributed by atoms with Crippen molar-refractivity contribution in [1.29, 1.82) is 0 Å². The quantitative estimate of drug-likeness (QED) is 0.917. The molecule has 1 saturated heterocycles. The van der Waals surface area contributed by atoms with Crippen LogP contribution in [0, 0.1) is 0 Å². The van der Waals surface area contributed by atoms with Crippen LogP contribution in [0.1, 0.15) is 24.9 Å². The lowest BCUT2D eigenvalue weighted by Gasteiger charge is -2.34. The van der Waals surface area contributed by atoms with Gasteiger partial charge in [-0.2, -0.15) is 11.3 Å². The second-order valence-corrected chi connectivity index (χ2v) is 4.55. The molecule has 1 aliphatic heterocycles. The van der Waals surface area contributed by atoms with Gasteiger partial charge in [-0.1, -0.05) is 6.92 Å². The van der Waals surface area contributed by atoms with Gasteiger partial charge in [-0.3, -0.25) is 4.90 Å². The molecule has 2 heterocycles. The molecule has 0 aliphatic carbocycles. The van der Waals surface area contributed by atoms with Gasteiger partial charge < -0.3 is 5.32 Å². The maximum atomic E-state index is 3.40. The third-order valence-electron chi connectivity index (χ3n) is 2.91. The molecule has 1 N–H and O–H groups in total. The van der Waals surface area contributed by atoms with Gasteiger partial charge in [0, 0.05) is 32.2 Å². The lowest BCUT2D eigenvalue weighted by atomic mass is 10.1. The van der Waals surface area contributed by atoms with E-state index in [2.05, 4.69) is 34.0 Å². The average molecular weight is 283 g/mol. The van der Waals surface area contributed by atoms with Crippen LogP contribution in [0.3, 0.4) is 0 Å². The molecule has 16 heavy (non-hydrogen) atoms. The summed E-state index contributed by atoms with van der Waals surface area (Å²) in [4.78, 5) is 2.60. The van der Waals surface area contributed by atoms with Crippen LogP contribution in [-0.4, -0.2) is 31.1 Å². The number of piperazine rings is 1. The van der Waals surface area contributed by atoms with Crippen LogP contribution in [0.5, 0.6) is 0 Å². The van der Waals surface area contributed by atoms with Crippen molar-refractivity contribution in [3.8, 4) is 0 Å². The minimum Gasteiger partial charge on any atom is -0.314 e. The number of hydrogen-bond donors (Lipinski definition) is 1. The maximum absolute atomic E-state index is 3.40. The van der Waals surface area contributed by atoms with Crippen molar-refractivity contribution in [3.63, 3.8) is 0 Å². The van der Waals surface area contributed by atoms with Gasteiger partial charge >= 0.3 is 0 Å². The predicted molar refractivity (Wildman–Crippen MR) is 76.3 cm³/mol. The fraction of sp³-hybridized carbons (Fsp3) is 0.636. The average Bonchev–Trinajstić information content (AvgIpc) is 2.74. The number of nitrogens with one attached hydrogen (secondary N) is 1. The van der Waals surface area contributed by atoms with Gasteiger partial charge in [0.2, 0.25) is 0 Å². The molecule has 5 heteroatoms. The summed E-state index contributed by atoms with van der Waals surface area (Å²) in [5.74, 6) is 0. The van der Waals surface area contributed by atoms with Gasteiger partial charge in [0.25, 0.3) is 0 Å². The summed E-state index contributed by atoms with van der Waals surface area (Å²) in [6.07, 6.45) is 1.22. The fourth-order valence-electron chi connectivity index (χ4n) is 2.16. The lowest BCUT2D eigenvalue weighted by molar-refractivity contribution is 0.170. The molecule has 1 aromatic rings. The smallest absolute Gasteiger partial charge is 0.0354 e. The highest BCUT2D eigenvalue weighted by Gasteiger charge is 2.20. The molecular weight excluding hydrogens is 263 g/mol. The Balaban J connectivity index is 0.00000112. The van der Waals surface area contributed by atoms with Crippen LogP contribution in [0.2, 0.25) is 0 Å². The Hall–Kier alpha value is 0.200. The molecule has 0 amide bonds. The minimum atomic E-state index is 0. The molecule has 1 aromatic heterocycles. The van der Waals surface area contributed by atoms with E-state index in [0.717, 1.165) is 13.1 Å². The molecule has 1 atom stereocenters. The van der Waals surface area contributed by atoms with Crippen molar-refractivity contribution >= 4 is 36.2 Å². The van der Waals surface area contributed by atoms with Gasteiger partial charge in [-0.05, 0) is 28.8 Å². The lowest BCUT2D eigenvalue weighted by Crippen LogP contribution is -2.44. The summed E-state index contributed by atoms with van der Waals surface area (Å²) in [7, 11) is 0. The van der Waals surface area contributed by atoms with Gasteiger partial charge in [-0.25, -0.2) is 0 Å². The van der Waals surface area contributed by atoms with E-state index >= 15 is 0 Å². The minimum absolute atomic E-state index is 0. The van der Waals surface area contributed by atoms with E-state index in [-0.39, 0.29) is 24.8 Å². The highest BCUT2D eigenvalue weighted by molar-refractivity contribution is 7.07. The normalized spacial score (nSPS) is 18.3. The molecule has 1 aliphatic rings. The Labute approximate surface area is 114 Å². The maximum Gasteiger partial charge on any atom is 0.0354 e. The molecule has 2 nitrogen and oxygen atoms in total. The highest BCUT2D eigenvalue weighted by atomic mass is 35.5. The Morgan fingerprint density at radius 2 is 2.06 bits per heavy atom. The first-order valence-corrected chi connectivity index (χ1v) is 6.33. The fourth-order valence-corrected chi connectivity index (χ4v) is 2.87. The molecule has 0 spiro atoms. The molecular formula is C11H20Cl2N2S. The highest BCUT2D eigenvalue weighted by Crippen LogP contribution is 2.25.